The molecule has 0 radical (unpaired) electrons. The second kappa shape index (κ2) is 19.4. The average molecular weight is 367 g/mol. The van der Waals surface area contributed by atoms with E-state index in [1.54, 1.807) is 11.8 Å². The highest BCUT2D eigenvalue weighted by Gasteiger charge is 2.14. The maximum absolute atomic E-state index is 10.9. The molecule has 1 N–H and O–H groups in total. The lowest BCUT2D eigenvalue weighted by molar-refractivity contribution is -0.136. The van der Waals surface area contributed by atoms with E-state index < -0.39 is 5.97 Å². The van der Waals surface area contributed by atoms with Crippen LogP contribution in [0.5, 0.6) is 0 Å². The fraction of sp³-hybridized carbons (Fsp3) is 0.682. The van der Waals surface area contributed by atoms with E-state index >= 15 is 0 Å². The van der Waals surface area contributed by atoms with E-state index in [4.69, 9.17) is 5.11 Å². The number of aliphatic carboxylic acids is 1. The molecule has 2 nitrogen and oxygen atoms in total. The molecule has 0 aromatic heterocycles. The molecule has 0 heterocycles. The van der Waals surface area contributed by atoms with Crippen molar-refractivity contribution in [2.45, 2.75) is 89.7 Å². The Hall–Kier alpha value is -0.960. The first-order chi connectivity index (χ1) is 12.2. The van der Waals surface area contributed by atoms with Gasteiger partial charge in [-0.05, 0) is 50.7 Å². The van der Waals surface area contributed by atoms with Crippen LogP contribution in [0, 0.1) is 0 Å². The van der Waals surface area contributed by atoms with Gasteiger partial charge in [0.15, 0.2) is 0 Å². The molecule has 1 unspecified atom stereocenters. The molecule has 3 heteroatoms. The Labute approximate surface area is 159 Å². The standard InChI is InChI=1S/C22H38O2S/c1-3-5-6-7-8-9-10-11-12-13-14-15-16-17-18-19-20-25-21(4-2)22(23)24/h5-6,8-9,11-12,21H,3-4,7,10,13-20H2,1-2H3,(H,23,24)/b6-5-,9-8-,12-11-. The molecule has 0 amide bonds. The first kappa shape index (κ1) is 24.0. The van der Waals surface area contributed by atoms with Gasteiger partial charge in [-0.15, -0.1) is 11.8 Å². The van der Waals surface area contributed by atoms with Crippen molar-refractivity contribution in [3.05, 3.63) is 36.5 Å². The maximum atomic E-state index is 10.9. The van der Waals surface area contributed by atoms with Crippen LogP contribution in [-0.4, -0.2) is 22.1 Å². The van der Waals surface area contributed by atoms with Gasteiger partial charge < -0.3 is 5.11 Å². The number of carboxylic acid groups (broad SMARTS) is 1. The first-order valence-electron chi connectivity index (χ1n) is 10.0. The topological polar surface area (TPSA) is 37.3 Å². The number of rotatable bonds is 17. The van der Waals surface area contributed by atoms with Crippen molar-refractivity contribution in [2.75, 3.05) is 5.75 Å². The van der Waals surface area contributed by atoms with Crippen molar-refractivity contribution in [2.24, 2.45) is 0 Å². The highest BCUT2D eigenvalue weighted by molar-refractivity contribution is 8.00. The zero-order valence-electron chi connectivity index (χ0n) is 16.3. The zero-order valence-corrected chi connectivity index (χ0v) is 17.1. The van der Waals surface area contributed by atoms with Gasteiger partial charge in [0.25, 0.3) is 0 Å². The summed E-state index contributed by atoms with van der Waals surface area (Å²) < 4.78 is 0. The molecular formula is C22H38O2S. The van der Waals surface area contributed by atoms with Crippen LogP contribution in [0.15, 0.2) is 36.5 Å². The van der Waals surface area contributed by atoms with Crippen molar-refractivity contribution in [3.8, 4) is 0 Å². The van der Waals surface area contributed by atoms with E-state index in [-0.39, 0.29) is 5.25 Å². The van der Waals surface area contributed by atoms with Gasteiger partial charge in [-0.1, -0.05) is 76.0 Å². The Morgan fingerprint density at radius 3 is 2.00 bits per heavy atom. The minimum Gasteiger partial charge on any atom is -0.480 e. The summed E-state index contributed by atoms with van der Waals surface area (Å²) in [5.74, 6) is 0.319. The van der Waals surface area contributed by atoms with E-state index in [2.05, 4.69) is 43.4 Å². The number of hydrogen-bond donors (Lipinski definition) is 1. The van der Waals surface area contributed by atoms with Crippen LogP contribution in [0.1, 0.15) is 84.5 Å². The summed E-state index contributed by atoms with van der Waals surface area (Å²) in [7, 11) is 0. The van der Waals surface area contributed by atoms with Crippen LogP contribution in [0.25, 0.3) is 0 Å². The fourth-order valence-electron chi connectivity index (χ4n) is 2.49. The van der Waals surface area contributed by atoms with E-state index in [0.717, 1.165) is 37.9 Å². The first-order valence-corrected chi connectivity index (χ1v) is 11.1. The maximum Gasteiger partial charge on any atom is 0.316 e. The van der Waals surface area contributed by atoms with Gasteiger partial charge >= 0.3 is 5.97 Å². The molecule has 1 atom stereocenters. The molecule has 0 saturated heterocycles. The summed E-state index contributed by atoms with van der Waals surface area (Å²) in [6, 6.07) is 0. The molecule has 0 saturated carbocycles. The van der Waals surface area contributed by atoms with Crippen LogP contribution >= 0.6 is 11.8 Å². The molecule has 0 spiro atoms. The van der Waals surface area contributed by atoms with E-state index in [9.17, 15) is 4.79 Å². The van der Waals surface area contributed by atoms with Crippen LogP contribution in [0.2, 0.25) is 0 Å². The number of carbonyl (C=O) groups is 1. The number of unbranched alkanes of at least 4 members (excludes halogenated alkanes) is 6. The average Bonchev–Trinajstić information content (AvgIpc) is 2.60. The lowest BCUT2D eigenvalue weighted by Gasteiger charge is -2.08. The van der Waals surface area contributed by atoms with Crippen LogP contribution in [-0.2, 0) is 4.79 Å². The Balaban J connectivity index is 3.32. The van der Waals surface area contributed by atoms with Crippen molar-refractivity contribution in [1.29, 1.82) is 0 Å². The minimum atomic E-state index is -0.663. The third-order valence-electron chi connectivity index (χ3n) is 4.01. The van der Waals surface area contributed by atoms with Crippen molar-refractivity contribution < 1.29 is 9.90 Å². The second-order valence-corrected chi connectivity index (χ2v) is 7.62. The highest BCUT2D eigenvalue weighted by Crippen LogP contribution is 2.17. The monoisotopic (exact) mass is 366 g/mol. The summed E-state index contributed by atoms with van der Waals surface area (Å²) >= 11 is 1.60. The van der Waals surface area contributed by atoms with E-state index in [1.807, 2.05) is 6.92 Å². The van der Waals surface area contributed by atoms with Gasteiger partial charge in [-0.2, -0.15) is 0 Å². The Morgan fingerprint density at radius 2 is 1.40 bits per heavy atom. The predicted molar refractivity (Wildman–Crippen MR) is 113 cm³/mol. The quantitative estimate of drug-likeness (QED) is 0.219. The fourth-order valence-corrected chi connectivity index (χ4v) is 3.52. The third-order valence-corrected chi connectivity index (χ3v) is 5.47. The Morgan fingerprint density at radius 1 is 0.840 bits per heavy atom. The van der Waals surface area contributed by atoms with Gasteiger partial charge in [-0.25, -0.2) is 0 Å². The smallest absolute Gasteiger partial charge is 0.316 e. The molecule has 0 rings (SSSR count). The van der Waals surface area contributed by atoms with Gasteiger partial charge in [0, 0.05) is 0 Å². The summed E-state index contributed by atoms with van der Waals surface area (Å²) in [6.45, 7) is 4.10. The summed E-state index contributed by atoms with van der Waals surface area (Å²) in [5.41, 5.74) is 0. The highest BCUT2D eigenvalue weighted by atomic mass is 32.2. The SMILES string of the molecule is CC/C=C\C/C=C\C/C=C\CCCCCCCCSC(CC)C(=O)O. The molecular weight excluding hydrogens is 328 g/mol. The van der Waals surface area contributed by atoms with Gasteiger partial charge in [0.05, 0.1) is 0 Å². The van der Waals surface area contributed by atoms with Gasteiger partial charge in [-0.3, -0.25) is 4.79 Å². The number of thioether (sulfide) groups is 1. The molecule has 25 heavy (non-hydrogen) atoms. The summed E-state index contributed by atoms with van der Waals surface area (Å²) in [5, 5.41) is 8.76. The molecule has 0 aliphatic carbocycles. The predicted octanol–water partition coefficient (Wildman–Crippen LogP) is 7.17. The van der Waals surface area contributed by atoms with Crippen molar-refractivity contribution in [3.63, 3.8) is 0 Å². The molecule has 0 aliphatic rings. The van der Waals surface area contributed by atoms with Gasteiger partial charge in [0.1, 0.15) is 5.25 Å². The zero-order chi connectivity index (χ0) is 18.6. The molecule has 0 aromatic rings. The lowest BCUT2D eigenvalue weighted by Crippen LogP contribution is -2.15. The molecule has 0 aliphatic heterocycles. The molecule has 0 aromatic carbocycles. The molecule has 0 bridgehead atoms. The molecule has 144 valence electrons. The van der Waals surface area contributed by atoms with Crippen molar-refractivity contribution >= 4 is 17.7 Å². The minimum absolute atomic E-state index is 0.213. The van der Waals surface area contributed by atoms with Gasteiger partial charge in [0.2, 0.25) is 0 Å². The number of allylic oxidation sites excluding steroid dienone is 6. The third kappa shape index (κ3) is 17.6. The number of carboxylic acids is 1. The van der Waals surface area contributed by atoms with Crippen LogP contribution < -0.4 is 0 Å². The van der Waals surface area contributed by atoms with E-state index in [0.29, 0.717) is 0 Å². The normalized spacial score (nSPS) is 13.4. The Kier molecular flexibility index (Phi) is 18.6. The molecule has 0 fully saturated rings. The summed E-state index contributed by atoms with van der Waals surface area (Å²) in [4.78, 5) is 10.9. The van der Waals surface area contributed by atoms with Crippen LogP contribution in [0.3, 0.4) is 0 Å². The Bertz CT molecular complexity index is 385. The van der Waals surface area contributed by atoms with Crippen LogP contribution in [0.4, 0.5) is 0 Å². The van der Waals surface area contributed by atoms with E-state index in [1.165, 1.54) is 38.5 Å². The lowest BCUT2D eigenvalue weighted by atomic mass is 10.1. The summed E-state index contributed by atoms with van der Waals surface area (Å²) in [6.07, 6.45) is 26.1. The second-order valence-electron chi connectivity index (χ2n) is 6.31. The number of hydrogen-bond acceptors (Lipinski definition) is 2. The largest absolute Gasteiger partial charge is 0.480 e. The van der Waals surface area contributed by atoms with Crippen molar-refractivity contribution in [1.82, 2.24) is 0 Å².